The molecule has 2 aliphatic rings. The van der Waals surface area contributed by atoms with Gasteiger partial charge in [-0.1, -0.05) is 24.3 Å². The number of carbonyl (C=O) groups is 1. The normalized spacial score (nSPS) is 22.2. The predicted octanol–water partition coefficient (Wildman–Crippen LogP) is 3.99. The molecule has 0 saturated heterocycles. The number of carbonyl (C=O) groups excluding carboxylic acids is 1. The van der Waals surface area contributed by atoms with E-state index in [1.165, 1.54) is 11.1 Å². The summed E-state index contributed by atoms with van der Waals surface area (Å²) >= 11 is 0. The lowest BCUT2D eigenvalue weighted by molar-refractivity contribution is 0.0948. The van der Waals surface area contributed by atoms with Crippen LogP contribution < -0.4 is 10.6 Å². The van der Waals surface area contributed by atoms with Gasteiger partial charge in [-0.05, 0) is 60.2 Å². The van der Waals surface area contributed by atoms with E-state index in [2.05, 4.69) is 22.8 Å². The zero-order valence-electron chi connectivity index (χ0n) is 16.0. The second kappa shape index (κ2) is 8.07. The maximum atomic E-state index is 12.5. The standard InChI is InChI=1S/C23H26N2O3/c1-28-13-3-12-24-23(27)16-8-11-21-20(14-16)18-4-2-5-19(18)22(25-21)15-6-9-17(26)10-7-15/h2,4,6-11,14,18-19,22,25-26H,3,5,12-13H2,1H3,(H,24,27). The molecule has 5 nitrogen and oxygen atoms in total. The highest BCUT2D eigenvalue weighted by Gasteiger charge is 2.38. The topological polar surface area (TPSA) is 70.6 Å². The van der Waals surface area contributed by atoms with Crippen LogP contribution in [0.25, 0.3) is 0 Å². The summed E-state index contributed by atoms with van der Waals surface area (Å²) in [4.78, 5) is 12.5. The van der Waals surface area contributed by atoms with Crippen molar-refractivity contribution in [1.29, 1.82) is 0 Å². The number of allylic oxidation sites excluding steroid dienone is 2. The minimum Gasteiger partial charge on any atom is -0.508 e. The smallest absolute Gasteiger partial charge is 0.251 e. The summed E-state index contributed by atoms with van der Waals surface area (Å²) in [5.74, 6) is 0.925. The van der Waals surface area contributed by atoms with Crippen LogP contribution in [0.1, 0.15) is 46.3 Å². The van der Waals surface area contributed by atoms with E-state index in [1.54, 1.807) is 19.2 Å². The Morgan fingerprint density at radius 1 is 1.25 bits per heavy atom. The molecule has 1 aliphatic carbocycles. The Morgan fingerprint density at radius 3 is 2.86 bits per heavy atom. The van der Waals surface area contributed by atoms with E-state index in [0.29, 0.717) is 24.6 Å². The van der Waals surface area contributed by atoms with Crippen LogP contribution in [-0.4, -0.2) is 31.3 Å². The number of hydrogen-bond donors (Lipinski definition) is 3. The molecule has 3 atom stereocenters. The maximum absolute atomic E-state index is 12.5. The number of phenolic OH excluding ortho intramolecular Hbond substituents is 1. The van der Waals surface area contributed by atoms with Crippen LogP contribution in [0.15, 0.2) is 54.6 Å². The summed E-state index contributed by atoms with van der Waals surface area (Å²) in [5, 5.41) is 16.2. The average molecular weight is 378 g/mol. The zero-order valence-corrected chi connectivity index (χ0v) is 16.0. The Kier molecular flexibility index (Phi) is 5.35. The highest BCUT2D eigenvalue weighted by Crippen LogP contribution is 2.50. The van der Waals surface area contributed by atoms with Crippen molar-refractivity contribution in [2.45, 2.75) is 24.8 Å². The Bertz CT molecular complexity index is 876. The van der Waals surface area contributed by atoms with Crippen molar-refractivity contribution >= 4 is 11.6 Å². The van der Waals surface area contributed by atoms with Gasteiger partial charge in [-0.2, -0.15) is 0 Å². The first-order valence-electron chi connectivity index (χ1n) is 9.80. The van der Waals surface area contributed by atoms with Crippen molar-refractivity contribution in [2.75, 3.05) is 25.6 Å². The van der Waals surface area contributed by atoms with E-state index in [9.17, 15) is 9.90 Å². The van der Waals surface area contributed by atoms with E-state index < -0.39 is 0 Å². The molecule has 0 bridgehead atoms. The molecule has 1 heterocycles. The molecule has 146 valence electrons. The molecule has 2 aromatic carbocycles. The Labute approximate surface area is 165 Å². The van der Waals surface area contributed by atoms with Crippen LogP contribution in [0.4, 0.5) is 5.69 Å². The number of hydrogen-bond acceptors (Lipinski definition) is 4. The van der Waals surface area contributed by atoms with Crippen LogP contribution in [0.5, 0.6) is 5.75 Å². The number of phenols is 1. The molecule has 1 amide bonds. The van der Waals surface area contributed by atoms with E-state index in [0.717, 1.165) is 18.5 Å². The number of fused-ring (bicyclic) bond motifs is 3. The van der Waals surface area contributed by atoms with Gasteiger partial charge in [-0.3, -0.25) is 4.79 Å². The summed E-state index contributed by atoms with van der Waals surface area (Å²) in [6.45, 7) is 1.25. The van der Waals surface area contributed by atoms with Crippen molar-refractivity contribution in [3.8, 4) is 5.75 Å². The van der Waals surface area contributed by atoms with Gasteiger partial charge >= 0.3 is 0 Å². The predicted molar refractivity (Wildman–Crippen MR) is 110 cm³/mol. The molecule has 5 heteroatoms. The van der Waals surface area contributed by atoms with Crippen molar-refractivity contribution < 1.29 is 14.6 Å². The summed E-state index contributed by atoms with van der Waals surface area (Å²) in [5.41, 5.74) is 4.11. The van der Waals surface area contributed by atoms with Crippen molar-refractivity contribution in [3.63, 3.8) is 0 Å². The summed E-state index contributed by atoms with van der Waals surface area (Å²) in [7, 11) is 1.66. The van der Waals surface area contributed by atoms with Crippen molar-refractivity contribution in [1.82, 2.24) is 5.32 Å². The molecule has 1 aliphatic heterocycles. The molecule has 0 saturated carbocycles. The van der Waals surface area contributed by atoms with Gasteiger partial charge in [-0.15, -0.1) is 0 Å². The number of ether oxygens (including phenoxy) is 1. The molecule has 3 unspecified atom stereocenters. The number of benzene rings is 2. The lowest BCUT2D eigenvalue weighted by Crippen LogP contribution is -2.30. The van der Waals surface area contributed by atoms with Gasteiger partial charge in [0.25, 0.3) is 5.91 Å². The molecule has 28 heavy (non-hydrogen) atoms. The van der Waals surface area contributed by atoms with E-state index in [1.807, 2.05) is 30.3 Å². The number of methoxy groups -OCH3 is 1. The fourth-order valence-corrected chi connectivity index (χ4v) is 4.27. The third-order valence-electron chi connectivity index (χ3n) is 5.69. The number of aromatic hydroxyl groups is 1. The number of amides is 1. The Morgan fingerprint density at radius 2 is 2.07 bits per heavy atom. The molecule has 0 radical (unpaired) electrons. The Balaban J connectivity index is 1.56. The zero-order chi connectivity index (χ0) is 19.5. The molecular weight excluding hydrogens is 352 g/mol. The third-order valence-corrected chi connectivity index (χ3v) is 5.69. The molecule has 3 N–H and O–H groups in total. The second-order valence-corrected chi connectivity index (χ2v) is 7.47. The first kappa shape index (κ1) is 18.6. The van der Waals surface area contributed by atoms with E-state index in [4.69, 9.17) is 4.74 Å². The lowest BCUT2D eigenvalue weighted by atomic mass is 9.76. The highest BCUT2D eigenvalue weighted by molar-refractivity contribution is 5.95. The number of anilines is 1. The van der Waals surface area contributed by atoms with Crippen LogP contribution in [0, 0.1) is 5.92 Å². The van der Waals surface area contributed by atoms with Crippen molar-refractivity contribution in [3.05, 3.63) is 71.3 Å². The van der Waals surface area contributed by atoms with Gasteiger partial charge in [0.1, 0.15) is 5.75 Å². The van der Waals surface area contributed by atoms with Gasteiger partial charge in [0.2, 0.25) is 0 Å². The summed E-state index contributed by atoms with van der Waals surface area (Å²) in [6, 6.07) is 13.5. The largest absolute Gasteiger partial charge is 0.508 e. The third kappa shape index (κ3) is 3.62. The van der Waals surface area contributed by atoms with Crippen LogP contribution in [0.3, 0.4) is 0 Å². The maximum Gasteiger partial charge on any atom is 0.251 e. The number of nitrogens with one attached hydrogen (secondary N) is 2. The monoisotopic (exact) mass is 378 g/mol. The van der Waals surface area contributed by atoms with Crippen molar-refractivity contribution in [2.24, 2.45) is 5.92 Å². The summed E-state index contributed by atoms with van der Waals surface area (Å²) in [6.07, 6.45) is 6.29. The fourth-order valence-electron chi connectivity index (χ4n) is 4.27. The molecule has 0 spiro atoms. The van der Waals surface area contributed by atoms with E-state index >= 15 is 0 Å². The number of rotatable bonds is 6. The molecule has 0 aromatic heterocycles. The minimum atomic E-state index is -0.0434. The second-order valence-electron chi connectivity index (χ2n) is 7.47. The van der Waals surface area contributed by atoms with Gasteiger partial charge in [0.15, 0.2) is 0 Å². The fraction of sp³-hybridized carbons (Fsp3) is 0.348. The first-order chi connectivity index (χ1) is 13.7. The highest BCUT2D eigenvalue weighted by atomic mass is 16.5. The van der Waals surface area contributed by atoms with Gasteiger partial charge in [0, 0.05) is 37.4 Å². The quantitative estimate of drug-likeness (QED) is 0.525. The van der Waals surface area contributed by atoms with Crippen LogP contribution in [-0.2, 0) is 4.74 Å². The first-order valence-corrected chi connectivity index (χ1v) is 9.80. The SMILES string of the molecule is COCCCNC(=O)c1ccc2c(c1)C1C=CCC1C(c1ccc(O)cc1)N2. The Hall–Kier alpha value is -2.79. The van der Waals surface area contributed by atoms with Gasteiger partial charge < -0.3 is 20.5 Å². The van der Waals surface area contributed by atoms with Gasteiger partial charge in [-0.25, -0.2) is 0 Å². The molecule has 4 rings (SSSR count). The average Bonchev–Trinajstić information content (AvgIpc) is 3.21. The van der Waals surface area contributed by atoms with Crippen LogP contribution >= 0.6 is 0 Å². The van der Waals surface area contributed by atoms with E-state index in [-0.39, 0.29) is 23.6 Å². The molecule has 0 fully saturated rings. The summed E-state index contributed by atoms with van der Waals surface area (Å²) < 4.78 is 5.02. The molecule has 2 aromatic rings. The van der Waals surface area contributed by atoms with Crippen LogP contribution in [0.2, 0.25) is 0 Å². The molecular formula is C23H26N2O3. The van der Waals surface area contributed by atoms with Gasteiger partial charge in [0.05, 0.1) is 6.04 Å². The minimum absolute atomic E-state index is 0.0434. The lowest BCUT2D eigenvalue weighted by Gasteiger charge is -2.37.